The van der Waals surface area contributed by atoms with Gasteiger partial charge in [0.1, 0.15) is 0 Å². The van der Waals surface area contributed by atoms with Crippen LogP contribution in [0.3, 0.4) is 0 Å². The van der Waals surface area contributed by atoms with Crippen molar-refractivity contribution in [3.05, 3.63) is 119 Å². The van der Waals surface area contributed by atoms with Crippen LogP contribution < -0.4 is 0 Å². The molecule has 4 heteroatoms. The number of rotatable bonds is 6. The van der Waals surface area contributed by atoms with Crippen LogP contribution >= 0.6 is 0 Å². The zero-order chi connectivity index (χ0) is 22.6. The highest BCUT2D eigenvalue weighted by Gasteiger charge is 2.26. The fourth-order valence-electron chi connectivity index (χ4n) is 4.84. The maximum Gasteiger partial charge on any atom is 0.0998 e. The van der Waals surface area contributed by atoms with Crippen molar-refractivity contribution in [1.82, 2.24) is 19.4 Å². The Kier molecular flexibility index (Phi) is 6.38. The van der Waals surface area contributed by atoms with E-state index in [-0.39, 0.29) is 0 Å². The maximum atomic E-state index is 4.77. The summed E-state index contributed by atoms with van der Waals surface area (Å²) in [6.07, 6.45) is 1.96. The zero-order valence-corrected chi connectivity index (χ0v) is 19.6. The summed E-state index contributed by atoms with van der Waals surface area (Å²) in [5.41, 5.74) is 7.59. The minimum absolute atomic E-state index is 0.303. The zero-order valence-electron chi connectivity index (χ0n) is 19.6. The minimum atomic E-state index is 0.303. The molecule has 2 heterocycles. The van der Waals surface area contributed by atoms with Crippen molar-refractivity contribution in [2.24, 2.45) is 0 Å². The molecule has 5 rings (SSSR count). The Hall–Kier alpha value is -3.21. The third-order valence-corrected chi connectivity index (χ3v) is 6.80. The van der Waals surface area contributed by atoms with Crippen LogP contribution in [0.4, 0.5) is 0 Å². The maximum absolute atomic E-state index is 4.77. The highest BCUT2D eigenvalue weighted by Crippen LogP contribution is 2.29. The molecule has 0 bridgehead atoms. The molecule has 0 saturated carbocycles. The lowest BCUT2D eigenvalue weighted by molar-refractivity contribution is 0.104. The molecule has 0 amide bonds. The number of benzene rings is 3. The molecule has 0 atom stereocenters. The number of hydrogen-bond acceptors (Lipinski definition) is 3. The molecule has 1 saturated heterocycles. The number of piperazine rings is 1. The van der Waals surface area contributed by atoms with Gasteiger partial charge in [0.15, 0.2) is 0 Å². The average Bonchev–Trinajstić information content (AvgIpc) is 3.22. The first-order chi connectivity index (χ1) is 16.2. The average molecular weight is 437 g/mol. The second-order valence-corrected chi connectivity index (χ2v) is 9.02. The van der Waals surface area contributed by atoms with Crippen LogP contribution in [0.2, 0.25) is 0 Å². The predicted molar refractivity (Wildman–Crippen MR) is 135 cm³/mol. The molecule has 0 aliphatic carbocycles. The van der Waals surface area contributed by atoms with Crippen molar-refractivity contribution in [3.8, 4) is 5.69 Å². The monoisotopic (exact) mass is 436 g/mol. The van der Waals surface area contributed by atoms with E-state index in [1.807, 2.05) is 6.33 Å². The van der Waals surface area contributed by atoms with E-state index in [1.54, 1.807) is 0 Å². The molecule has 0 N–H and O–H groups in total. The normalized spacial score (nSPS) is 15.2. The fraction of sp³-hybridized carbons (Fsp3) is 0.276. The lowest BCUT2D eigenvalue weighted by Gasteiger charge is -2.39. The molecule has 168 valence electrons. The highest BCUT2D eigenvalue weighted by atomic mass is 15.3. The van der Waals surface area contributed by atoms with Gasteiger partial charge in [-0.2, -0.15) is 0 Å². The minimum Gasteiger partial charge on any atom is -0.303 e. The smallest absolute Gasteiger partial charge is 0.0998 e. The highest BCUT2D eigenvalue weighted by molar-refractivity contribution is 5.37. The van der Waals surface area contributed by atoms with E-state index in [1.165, 1.54) is 33.8 Å². The third kappa shape index (κ3) is 4.77. The molecule has 1 aliphatic heterocycles. The van der Waals surface area contributed by atoms with E-state index < -0.39 is 0 Å². The molecule has 3 aromatic carbocycles. The van der Waals surface area contributed by atoms with Crippen LogP contribution in [0.5, 0.6) is 0 Å². The van der Waals surface area contributed by atoms with E-state index in [2.05, 4.69) is 113 Å². The fourth-order valence-corrected chi connectivity index (χ4v) is 4.84. The number of imidazole rings is 1. The Balaban J connectivity index is 1.28. The molecule has 33 heavy (non-hydrogen) atoms. The first-order valence-corrected chi connectivity index (χ1v) is 11.9. The quantitative estimate of drug-likeness (QED) is 0.405. The van der Waals surface area contributed by atoms with Crippen LogP contribution in [-0.4, -0.2) is 45.5 Å². The van der Waals surface area contributed by atoms with Gasteiger partial charge in [-0.15, -0.1) is 0 Å². The van der Waals surface area contributed by atoms with Crippen LogP contribution in [0, 0.1) is 13.8 Å². The Labute approximate surface area is 197 Å². The van der Waals surface area contributed by atoms with Gasteiger partial charge in [0.25, 0.3) is 0 Å². The largest absolute Gasteiger partial charge is 0.303 e. The molecule has 1 aliphatic rings. The van der Waals surface area contributed by atoms with Crippen molar-refractivity contribution in [2.45, 2.75) is 26.4 Å². The van der Waals surface area contributed by atoms with E-state index in [0.29, 0.717) is 6.04 Å². The Bertz CT molecular complexity index is 1120. The second-order valence-electron chi connectivity index (χ2n) is 9.02. The van der Waals surface area contributed by atoms with Crippen molar-refractivity contribution in [1.29, 1.82) is 0 Å². The van der Waals surface area contributed by atoms with Gasteiger partial charge in [-0.3, -0.25) is 9.80 Å². The molecule has 0 spiro atoms. The number of aryl methyl sites for hydroxylation is 1. The molecule has 0 unspecified atom stereocenters. The molecular weight excluding hydrogens is 404 g/mol. The van der Waals surface area contributed by atoms with Crippen molar-refractivity contribution in [2.75, 3.05) is 26.2 Å². The van der Waals surface area contributed by atoms with Gasteiger partial charge >= 0.3 is 0 Å². The summed E-state index contributed by atoms with van der Waals surface area (Å²) in [6.45, 7) is 9.40. The van der Waals surface area contributed by atoms with Gasteiger partial charge in [-0.05, 0) is 37.1 Å². The number of hydrogen-bond donors (Lipinski definition) is 0. The lowest BCUT2D eigenvalue weighted by Crippen LogP contribution is -2.47. The summed E-state index contributed by atoms with van der Waals surface area (Å²) >= 11 is 0. The first kappa shape index (κ1) is 21.6. The topological polar surface area (TPSA) is 24.3 Å². The lowest BCUT2D eigenvalue weighted by atomic mass is 9.96. The van der Waals surface area contributed by atoms with Gasteiger partial charge in [0.05, 0.1) is 18.1 Å². The number of nitrogens with zero attached hydrogens (tertiary/aromatic N) is 4. The van der Waals surface area contributed by atoms with Gasteiger partial charge in [-0.1, -0.05) is 78.4 Å². The molecular formula is C29H32N4. The molecule has 1 aromatic heterocycles. The standard InChI is InChI=1S/C29H32N4/c1-23-13-15-27(16-14-23)33-22-30-28(24(33)2)21-31-17-19-32(20-18-31)29(25-9-5-3-6-10-25)26-11-7-4-8-12-26/h3-16,22,29H,17-21H2,1-2H3. The van der Waals surface area contributed by atoms with Crippen molar-refractivity contribution in [3.63, 3.8) is 0 Å². The Morgan fingerprint density at radius 2 is 1.30 bits per heavy atom. The third-order valence-electron chi connectivity index (χ3n) is 6.80. The summed E-state index contributed by atoms with van der Waals surface area (Å²) in [7, 11) is 0. The molecule has 4 aromatic rings. The van der Waals surface area contributed by atoms with Crippen LogP contribution in [0.1, 0.15) is 34.1 Å². The Morgan fingerprint density at radius 3 is 1.88 bits per heavy atom. The summed E-state index contributed by atoms with van der Waals surface area (Å²) in [5, 5.41) is 0. The van der Waals surface area contributed by atoms with Gasteiger partial charge in [0.2, 0.25) is 0 Å². The molecule has 0 radical (unpaired) electrons. The first-order valence-electron chi connectivity index (χ1n) is 11.9. The van der Waals surface area contributed by atoms with E-state index in [9.17, 15) is 0 Å². The van der Waals surface area contributed by atoms with Crippen LogP contribution in [0.25, 0.3) is 5.69 Å². The summed E-state index contributed by atoms with van der Waals surface area (Å²) in [5.74, 6) is 0. The summed E-state index contributed by atoms with van der Waals surface area (Å²) in [6, 6.07) is 30.8. The summed E-state index contributed by atoms with van der Waals surface area (Å²) in [4.78, 5) is 9.93. The van der Waals surface area contributed by atoms with E-state index >= 15 is 0 Å². The van der Waals surface area contributed by atoms with Gasteiger partial charge < -0.3 is 4.57 Å². The molecule has 4 nitrogen and oxygen atoms in total. The number of aromatic nitrogens is 2. The van der Waals surface area contributed by atoms with Gasteiger partial charge in [-0.25, -0.2) is 4.98 Å². The molecule has 1 fully saturated rings. The van der Waals surface area contributed by atoms with Crippen LogP contribution in [0.15, 0.2) is 91.3 Å². The van der Waals surface area contributed by atoms with E-state index in [0.717, 1.165) is 32.7 Å². The predicted octanol–water partition coefficient (Wildman–Crippen LogP) is 5.40. The van der Waals surface area contributed by atoms with Crippen molar-refractivity contribution >= 4 is 0 Å². The van der Waals surface area contributed by atoms with Crippen molar-refractivity contribution < 1.29 is 0 Å². The van der Waals surface area contributed by atoms with E-state index in [4.69, 9.17) is 4.98 Å². The van der Waals surface area contributed by atoms with Crippen LogP contribution in [-0.2, 0) is 6.54 Å². The van der Waals surface area contributed by atoms with Gasteiger partial charge in [0, 0.05) is 44.1 Å². The summed E-state index contributed by atoms with van der Waals surface area (Å²) < 4.78 is 2.20. The Morgan fingerprint density at radius 1 is 0.727 bits per heavy atom. The SMILES string of the molecule is Cc1ccc(-n2cnc(CN3CCN(C(c4ccccc4)c4ccccc4)CC3)c2C)cc1. The second kappa shape index (κ2) is 9.74.